The molecule has 0 saturated carbocycles. The van der Waals surface area contributed by atoms with Crippen LogP contribution in [0.3, 0.4) is 0 Å². The van der Waals surface area contributed by atoms with Crippen LogP contribution in [0.5, 0.6) is 0 Å². The second-order valence-electron chi connectivity index (χ2n) is 5.33. The summed E-state index contributed by atoms with van der Waals surface area (Å²) in [5.74, 6) is -0.351. The van der Waals surface area contributed by atoms with Gasteiger partial charge in [-0.05, 0) is 32.4 Å². The van der Waals surface area contributed by atoms with E-state index in [-0.39, 0.29) is 5.97 Å². The van der Waals surface area contributed by atoms with Gasteiger partial charge in [-0.25, -0.2) is 9.78 Å². The summed E-state index contributed by atoms with van der Waals surface area (Å²) in [6.45, 7) is 6.16. The van der Waals surface area contributed by atoms with Crippen LogP contribution in [-0.4, -0.2) is 22.0 Å². The fourth-order valence-electron chi connectivity index (χ4n) is 2.46. The van der Waals surface area contributed by atoms with Crippen molar-refractivity contribution in [2.45, 2.75) is 20.8 Å². The molecular weight excluding hydrogens is 276 g/mol. The third kappa shape index (κ3) is 2.48. The molecule has 3 aromatic rings. The fourth-order valence-corrected chi connectivity index (χ4v) is 2.46. The van der Waals surface area contributed by atoms with Crippen molar-refractivity contribution in [2.75, 3.05) is 6.61 Å². The van der Waals surface area contributed by atoms with Gasteiger partial charge < -0.3 is 4.74 Å². The van der Waals surface area contributed by atoms with Gasteiger partial charge in [0.2, 0.25) is 0 Å². The molecular formula is C18H18N2O2. The van der Waals surface area contributed by atoms with Gasteiger partial charge >= 0.3 is 5.97 Å². The van der Waals surface area contributed by atoms with Gasteiger partial charge in [0.15, 0.2) is 5.69 Å². The number of hydrogen-bond donors (Lipinski definition) is 0. The summed E-state index contributed by atoms with van der Waals surface area (Å²) >= 11 is 0. The van der Waals surface area contributed by atoms with Gasteiger partial charge in [0, 0.05) is 11.8 Å². The van der Waals surface area contributed by atoms with E-state index in [1.165, 1.54) is 5.56 Å². The summed E-state index contributed by atoms with van der Waals surface area (Å²) in [7, 11) is 0. The molecule has 4 heteroatoms. The number of pyridine rings is 1. The third-order valence-corrected chi connectivity index (χ3v) is 3.56. The van der Waals surface area contributed by atoms with E-state index in [1.54, 1.807) is 6.92 Å². The molecule has 0 spiro atoms. The van der Waals surface area contributed by atoms with Gasteiger partial charge in [-0.2, -0.15) is 0 Å². The van der Waals surface area contributed by atoms with Crippen molar-refractivity contribution in [3.63, 3.8) is 0 Å². The Kier molecular flexibility index (Phi) is 3.67. The summed E-state index contributed by atoms with van der Waals surface area (Å²) in [4.78, 5) is 17.0. The Morgan fingerprint density at radius 3 is 2.45 bits per heavy atom. The van der Waals surface area contributed by atoms with Gasteiger partial charge in [-0.3, -0.25) is 4.40 Å². The average molecular weight is 294 g/mol. The SMILES string of the molecule is CCOC(=O)c1c(-c2ccc(C)cc2)nc2ccc(C)cn12. The number of aryl methyl sites for hydroxylation is 2. The maximum absolute atomic E-state index is 12.4. The number of carbonyl (C=O) groups excluding carboxylic acids is 1. The smallest absolute Gasteiger partial charge is 0.357 e. The zero-order chi connectivity index (χ0) is 15.7. The van der Waals surface area contributed by atoms with E-state index >= 15 is 0 Å². The number of aromatic nitrogens is 2. The van der Waals surface area contributed by atoms with E-state index in [9.17, 15) is 4.79 Å². The molecule has 0 aliphatic rings. The molecule has 1 aromatic carbocycles. The van der Waals surface area contributed by atoms with Crippen molar-refractivity contribution in [3.05, 3.63) is 59.4 Å². The number of esters is 1. The summed E-state index contributed by atoms with van der Waals surface area (Å²) in [5.41, 5.74) is 5.01. The van der Waals surface area contributed by atoms with Crippen molar-refractivity contribution in [2.24, 2.45) is 0 Å². The number of rotatable bonds is 3. The lowest BCUT2D eigenvalue weighted by Crippen LogP contribution is -2.09. The zero-order valence-corrected chi connectivity index (χ0v) is 13.0. The Morgan fingerprint density at radius 1 is 1.09 bits per heavy atom. The van der Waals surface area contributed by atoms with E-state index in [2.05, 4.69) is 4.98 Å². The zero-order valence-electron chi connectivity index (χ0n) is 13.0. The van der Waals surface area contributed by atoms with Crippen LogP contribution in [0.4, 0.5) is 0 Å². The van der Waals surface area contributed by atoms with Crippen LogP contribution >= 0.6 is 0 Å². The molecule has 112 valence electrons. The molecule has 0 N–H and O–H groups in total. The minimum absolute atomic E-state index is 0.339. The number of carbonyl (C=O) groups is 1. The van der Waals surface area contributed by atoms with E-state index in [4.69, 9.17) is 4.74 Å². The predicted molar refractivity (Wildman–Crippen MR) is 86.1 cm³/mol. The molecule has 0 aliphatic carbocycles. The van der Waals surface area contributed by atoms with Crippen molar-refractivity contribution in [3.8, 4) is 11.3 Å². The van der Waals surface area contributed by atoms with Gasteiger partial charge in [-0.15, -0.1) is 0 Å². The number of hydrogen-bond acceptors (Lipinski definition) is 3. The second-order valence-corrected chi connectivity index (χ2v) is 5.33. The molecule has 0 atom stereocenters. The summed E-state index contributed by atoms with van der Waals surface area (Å²) in [6, 6.07) is 11.9. The Morgan fingerprint density at radius 2 is 1.77 bits per heavy atom. The van der Waals surface area contributed by atoms with Crippen LogP contribution in [0.15, 0.2) is 42.6 Å². The first kappa shape index (κ1) is 14.3. The van der Waals surface area contributed by atoms with Gasteiger partial charge in [0.1, 0.15) is 11.3 Å². The fraction of sp³-hybridized carbons (Fsp3) is 0.222. The minimum atomic E-state index is -0.351. The van der Waals surface area contributed by atoms with Crippen LogP contribution in [0.2, 0.25) is 0 Å². The topological polar surface area (TPSA) is 43.6 Å². The number of fused-ring (bicyclic) bond motifs is 1. The van der Waals surface area contributed by atoms with E-state index in [0.717, 1.165) is 16.8 Å². The molecule has 0 unspecified atom stereocenters. The Balaban J connectivity index is 2.26. The second kappa shape index (κ2) is 5.64. The number of benzene rings is 1. The summed E-state index contributed by atoms with van der Waals surface area (Å²) in [5, 5.41) is 0. The summed E-state index contributed by atoms with van der Waals surface area (Å²) < 4.78 is 7.03. The predicted octanol–water partition coefficient (Wildman–Crippen LogP) is 3.79. The first-order valence-corrected chi connectivity index (χ1v) is 7.33. The van der Waals surface area contributed by atoms with E-state index in [1.807, 2.05) is 60.8 Å². The van der Waals surface area contributed by atoms with E-state index in [0.29, 0.717) is 18.0 Å². The molecule has 3 rings (SSSR count). The Labute approximate surface area is 129 Å². The van der Waals surface area contributed by atoms with Crippen LogP contribution in [0, 0.1) is 13.8 Å². The van der Waals surface area contributed by atoms with Crippen molar-refractivity contribution in [1.82, 2.24) is 9.38 Å². The largest absolute Gasteiger partial charge is 0.461 e. The highest BCUT2D eigenvalue weighted by Gasteiger charge is 2.21. The van der Waals surface area contributed by atoms with Crippen molar-refractivity contribution < 1.29 is 9.53 Å². The Hall–Kier alpha value is -2.62. The standard InChI is InChI=1S/C18H18N2O2/c1-4-22-18(21)17-16(14-8-5-12(2)6-9-14)19-15-10-7-13(3)11-20(15)17/h5-11H,4H2,1-3H3. The first-order valence-electron chi connectivity index (χ1n) is 7.33. The molecule has 0 saturated heterocycles. The molecule has 0 radical (unpaired) electrons. The van der Waals surface area contributed by atoms with Gasteiger partial charge in [-0.1, -0.05) is 35.9 Å². The highest BCUT2D eigenvalue weighted by atomic mass is 16.5. The quantitative estimate of drug-likeness (QED) is 0.690. The normalized spacial score (nSPS) is 10.9. The van der Waals surface area contributed by atoms with E-state index < -0.39 is 0 Å². The van der Waals surface area contributed by atoms with Crippen LogP contribution in [0.25, 0.3) is 16.9 Å². The first-order chi connectivity index (χ1) is 10.6. The Bertz CT molecular complexity index is 832. The molecule has 0 aliphatic heterocycles. The van der Waals surface area contributed by atoms with Gasteiger partial charge in [0.25, 0.3) is 0 Å². The van der Waals surface area contributed by atoms with Crippen molar-refractivity contribution in [1.29, 1.82) is 0 Å². The summed E-state index contributed by atoms with van der Waals surface area (Å²) in [6.07, 6.45) is 1.91. The maximum atomic E-state index is 12.4. The highest BCUT2D eigenvalue weighted by Crippen LogP contribution is 2.26. The maximum Gasteiger partial charge on any atom is 0.357 e. The lowest BCUT2D eigenvalue weighted by atomic mass is 10.1. The highest BCUT2D eigenvalue weighted by molar-refractivity contribution is 5.96. The lowest BCUT2D eigenvalue weighted by molar-refractivity contribution is 0.0519. The van der Waals surface area contributed by atoms with Crippen LogP contribution < -0.4 is 0 Å². The lowest BCUT2D eigenvalue weighted by Gasteiger charge is -2.05. The minimum Gasteiger partial charge on any atom is -0.461 e. The number of imidazole rings is 1. The molecule has 0 fully saturated rings. The average Bonchev–Trinajstić information content (AvgIpc) is 2.86. The number of ether oxygens (including phenoxy) is 1. The molecule has 0 amide bonds. The third-order valence-electron chi connectivity index (χ3n) is 3.56. The monoisotopic (exact) mass is 294 g/mol. The van der Waals surface area contributed by atoms with Gasteiger partial charge in [0.05, 0.1) is 6.61 Å². The molecule has 22 heavy (non-hydrogen) atoms. The number of nitrogens with zero attached hydrogens (tertiary/aromatic N) is 2. The molecule has 0 bridgehead atoms. The molecule has 2 heterocycles. The van der Waals surface area contributed by atoms with Crippen molar-refractivity contribution >= 4 is 11.6 Å². The van der Waals surface area contributed by atoms with Crippen LogP contribution in [-0.2, 0) is 4.74 Å². The van der Waals surface area contributed by atoms with Crippen LogP contribution in [0.1, 0.15) is 28.5 Å². The molecule has 2 aromatic heterocycles. The molecule has 4 nitrogen and oxygen atoms in total.